The molecule has 5 nitrogen and oxygen atoms in total. The maximum atomic E-state index is 12.2. The number of amides is 1. The van der Waals surface area contributed by atoms with Gasteiger partial charge in [0.15, 0.2) is 5.78 Å². The van der Waals surface area contributed by atoms with Crippen LogP contribution in [0.1, 0.15) is 24.2 Å². The molecule has 0 saturated carbocycles. The fourth-order valence-electron chi connectivity index (χ4n) is 2.42. The molecule has 21 heavy (non-hydrogen) atoms. The Morgan fingerprint density at radius 1 is 1.10 bits per heavy atom. The van der Waals surface area contributed by atoms with Crippen LogP contribution in [0.3, 0.4) is 0 Å². The van der Waals surface area contributed by atoms with Crippen molar-refractivity contribution >= 4 is 11.7 Å². The molecule has 0 radical (unpaired) electrons. The van der Waals surface area contributed by atoms with Crippen LogP contribution >= 0.6 is 0 Å². The van der Waals surface area contributed by atoms with E-state index >= 15 is 0 Å². The molecule has 1 aliphatic heterocycles. The van der Waals surface area contributed by atoms with Crippen LogP contribution in [0.2, 0.25) is 0 Å². The summed E-state index contributed by atoms with van der Waals surface area (Å²) in [6.07, 6.45) is 0. The Hall–Kier alpha value is -1.88. The van der Waals surface area contributed by atoms with E-state index in [1.165, 1.54) is 0 Å². The number of carbonyl (C=O) groups excluding carboxylic acids is 2. The normalized spacial score (nSPS) is 15.8. The smallest absolute Gasteiger partial charge is 0.219 e. The molecular weight excluding hydrogens is 268 g/mol. The highest BCUT2D eigenvalue weighted by atomic mass is 16.5. The third kappa shape index (κ3) is 4.29. The number of piperazine rings is 1. The molecule has 0 spiro atoms. The number of carbonyl (C=O) groups is 2. The fraction of sp³-hybridized carbons (Fsp3) is 0.500. The van der Waals surface area contributed by atoms with Crippen molar-refractivity contribution in [1.29, 1.82) is 0 Å². The van der Waals surface area contributed by atoms with Gasteiger partial charge in [-0.15, -0.1) is 0 Å². The minimum Gasteiger partial charge on any atom is -0.494 e. The van der Waals surface area contributed by atoms with Crippen molar-refractivity contribution in [2.75, 3.05) is 39.3 Å². The molecule has 1 aromatic rings. The molecule has 1 fully saturated rings. The van der Waals surface area contributed by atoms with Crippen molar-refractivity contribution in [3.63, 3.8) is 0 Å². The van der Waals surface area contributed by atoms with Gasteiger partial charge in [0.05, 0.1) is 13.2 Å². The van der Waals surface area contributed by atoms with Gasteiger partial charge in [-0.1, -0.05) is 0 Å². The molecule has 5 heteroatoms. The first kappa shape index (κ1) is 15.5. The molecule has 1 saturated heterocycles. The standard InChI is InChI=1S/C16H22N2O3/c1-3-21-15-6-4-14(5-7-15)16(20)12-17-8-10-18(11-9-17)13(2)19/h4-7H,3,8-12H2,1-2H3. The average Bonchev–Trinajstić information content (AvgIpc) is 2.49. The van der Waals surface area contributed by atoms with Gasteiger partial charge in [-0.3, -0.25) is 14.5 Å². The van der Waals surface area contributed by atoms with Crippen LogP contribution in [0.25, 0.3) is 0 Å². The van der Waals surface area contributed by atoms with E-state index in [2.05, 4.69) is 4.90 Å². The lowest BCUT2D eigenvalue weighted by Crippen LogP contribution is -2.49. The first-order chi connectivity index (χ1) is 10.1. The highest BCUT2D eigenvalue weighted by Gasteiger charge is 2.20. The Kier molecular flexibility index (Phi) is 5.33. The molecular formula is C16H22N2O3. The van der Waals surface area contributed by atoms with Crippen LogP contribution in [-0.4, -0.2) is 60.8 Å². The van der Waals surface area contributed by atoms with Crippen molar-refractivity contribution in [3.05, 3.63) is 29.8 Å². The van der Waals surface area contributed by atoms with Gasteiger partial charge >= 0.3 is 0 Å². The molecule has 0 N–H and O–H groups in total. The second kappa shape index (κ2) is 7.22. The van der Waals surface area contributed by atoms with Crippen molar-refractivity contribution in [2.24, 2.45) is 0 Å². The Morgan fingerprint density at radius 3 is 2.24 bits per heavy atom. The van der Waals surface area contributed by atoms with E-state index < -0.39 is 0 Å². The number of rotatable bonds is 5. The molecule has 0 aliphatic carbocycles. The van der Waals surface area contributed by atoms with Crippen molar-refractivity contribution < 1.29 is 14.3 Å². The molecule has 1 amide bonds. The summed E-state index contributed by atoms with van der Waals surface area (Å²) in [5, 5.41) is 0. The number of ketones is 1. The van der Waals surface area contributed by atoms with E-state index in [1.807, 2.05) is 24.0 Å². The zero-order chi connectivity index (χ0) is 15.2. The maximum Gasteiger partial charge on any atom is 0.219 e. The molecule has 1 heterocycles. The number of hydrogen-bond donors (Lipinski definition) is 0. The summed E-state index contributed by atoms with van der Waals surface area (Å²) in [4.78, 5) is 27.4. The number of ether oxygens (including phenoxy) is 1. The molecule has 114 valence electrons. The molecule has 2 rings (SSSR count). The lowest BCUT2D eigenvalue weighted by Gasteiger charge is -2.33. The topological polar surface area (TPSA) is 49.9 Å². The van der Waals surface area contributed by atoms with Gasteiger partial charge < -0.3 is 9.64 Å². The molecule has 0 atom stereocenters. The van der Waals surface area contributed by atoms with Gasteiger partial charge in [0.2, 0.25) is 5.91 Å². The molecule has 0 bridgehead atoms. The lowest BCUT2D eigenvalue weighted by molar-refractivity contribution is -0.130. The summed E-state index contributed by atoms with van der Waals surface area (Å²) in [6, 6.07) is 7.26. The summed E-state index contributed by atoms with van der Waals surface area (Å²) >= 11 is 0. The van der Waals surface area contributed by atoms with Crippen LogP contribution in [-0.2, 0) is 4.79 Å². The number of Topliss-reactive ketones (excluding diaryl/α,β-unsaturated/α-hetero) is 1. The van der Waals surface area contributed by atoms with Gasteiger partial charge in [-0.05, 0) is 31.2 Å². The number of nitrogens with zero attached hydrogens (tertiary/aromatic N) is 2. The molecule has 0 unspecified atom stereocenters. The van der Waals surface area contributed by atoms with Crippen molar-refractivity contribution in [2.45, 2.75) is 13.8 Å². The summed E-state index contributed by atoms with van der Waals surface area (Å²) < 4.78 is 5.37. The molecule has 1 aromatic carbocycles. The van der Waals surface area contributed by atoms with E-state index in [4.69, 9.17) is 4.74 Å². The van der Waals surface area contributed by atoms with Crippen molar-refractivity contribution in [3.8, 4) is 5.75 Å². The monoisotopic (exact) mass is 290 g/mol. The Bertz CT molecular complexity index is 491. The first-order valence-corrected chi connectivity index (χ1v) is 7.34. The second-order valence-electron chi connectivity index (χ2n) is 5.16. The number of benzene rings is 1. The average molecular weight is 290 g/mol. The quantitative estimate of drug-likeness (QED) is 0.770. The summed E-state index contributed by atoms with van der Waals surface area (Å²) in [6.45, 7) is 7.44. The van der Waals surface area contributed by atoms with Crippen molar-refractivity contribution in [1.82, 2.24) is 9.80 Å². The van der Waals surface area contributed by atoms with E-state index in [1.54, 1.807) is 19.1 Å². The highest BCUT2D eigenvalue weighted by Crippen LogP contribution is 2.13. The summed E-state index contributed by atoms with van der Waals surface area (Å²) in [7, 11) is 0. The zero-order valence-electron chi connectivity index (χ0n) is 12.7. The van der Waals surface area contributed by atoms with Crippen LogP contribution in [0.15, 0.2) is 24.3 Å². The van der Waals surface area contributed by atoms with E-state index in [-0.39, 0.29) is 11.7 Å². The lowest BCUT2D eigenvalue weighted by atomic mass is 10.1. The predicted molar refractivity (Wildman–Crippen MR) is 80.6 cm³/mol. The Labute approximate surface area is 125 Å². The Balaban J connectivity index is 1.86. The first-order valence-electron chi connectivity index (χ1n) is 7.34. The Morgan fingerprint density at radius 2 is 1.71 bits per heavy atom. The van der Waals surface area contributed by atoms with Crippen LogP contribution in [0.4, 0.5) is 0 Å². The maximum absolute atomic E-state index is 12.2. The van der Waals surface area contributed by atoms with Crippen LogP contribution in [0.5, 0.6) is 5.75 Å². The number of hydrogen-bond acceptors (Lipinski definition) is 4. The van der Waals surface area contributed by atoms with E-state index in [0.717, 1.165) is 18.8 Å². The summed E-state index contributed by atoms with van der Waals surface area (Å²) in [5.74, 6) is 0.992. The van der Waals surface area contributed by atoms with Gasteiger partial charge in [0.1, 0.15) is 5.75 Å². The van der Waals surface area contributed by atoms with Gasteiger partial charge in [0.25, 0.3) is 0 Å². The highest BCUT2D eigenvalue weighted by molar-refractivity contribution is 5.97. The minimum absolute atomic E-state index is 0.104. The minimum atomic E-state index is 0.104. The largest absolute Gasteiger partial charge is 0.494 e. The predicted octanol–water partition coefficient (Wildman–Crippen LogP) is 1.43. The van der Waals surface area contributed by atoms with Gasteiger partial charge in [0, 0.05) is 38.7 Å². The van der Waals surface area contributed by atoms with Crippen LogP contribution < -0.4 is 4.74 Å². The fourth-order valence-corrected chi connectivity index (χ4v) is 2.42. The SMILES string of the molecule is CCOc1ccc(C(=O)CN2CCN(C(C)=O)CC2)cc1. The third-order valence-electron chi connectivity index (χ3n) is 3.67. The van der Waals surface area contributed by atoms with Crippen LogP contribution in [0, 0.1) is 0 Å². The van der Waals surface area contributed by atoms with Gasteiger partial charge in [-0.25, -0.2) is 0 Å². The zero-order valence-corrected chi connectivity index (χ0v) is 12.7. The molecule has 1 aliphatic rings. The third-order valence-corrected chi connectivity index (χ3v) is 3.67. The van der Waals surface area contributed by atoms with Gasteiger partial charge in [-0.2, -0.15) is 0 Å². The van der Waals surface area contributed by atoms with E-state index in [9.17, 15) is 9.59 Å². The van der Waals surface area contributed by atoms with E-state index in [0.29, 0.717) is 31.8 Å². The molecule has 0 aromatic heterocycles. The second-order valence-corrected chi connectivity index (χ2v) is 5.16. The summed E-state index contributed by atoms with van der Waals surface area (Å²) in [5.41, 5.74) is 0.701.